The number of rotatable bonds is 6. The number of nitrogens with one attached hydrogen (secondary N) is 3. The number of ether oxygens (including phenoxy) is 1. The van der Waals surface area contributed by atoms with Gasteiger partial charge in [-0.2, -0.15) is 5.10 Å². The number of carbonyl (C=O) groups excluding carboxylic acids is 2. The molecule has 2 aromatic heterocycles. The molecule has 9 nitrogen and oxygen atoms in total. The van der Waals surface area contributed by atoms with Gasteiger partial charge in [-0.1, -0.05) is 0 Å². The Kier molecular flexibility index (Phi) is 6.36. The lowest BCUT2D eigenvalue weighted by Gasteiger charge is -2.14. The van der Waals surface area contributed by atoms with Crippen LogP contribution in [0.25, 0.3) is 0 Å². The van der Waals surface area contributed by atoms with Crippen LogP contribution in [0.3, 0.4) is 0 Å². The van der Waals surface area contributed by atoms with E-state index in [4.69, 9.17) is 4.74 Å². The number of carbonyl (C=O) groups is 2. The third-order valence-electron chi connectivity index (χ3n) is 4.77. The Bertz CT molecular complexity index is 846. The summed E-state index contributed by atoms with van der Waals surface area (Å²) in [5.74, 6) is 1.44. The highest BCUT2D eigenvalue weighted by Gasteiger charge is 2.30. The van der Waals surface area contributed by atoms with Gasteiger partial charge in [0.25, 0.3) is 5.91 Å². The van der Waals surface area contributed by atoms with Crippen LogP contribution in [0.5, 0.6) is 0 Å². The van der Waals surface area contributed by atoms with E-state index in [9.17, 15) is 9.59 Å². The maximum absolute atomic E-state index is 11.9. The average Bonchev–Trinajstić information content (AvgIpc) is 3.30. The topological polar surface area (TPSA) is 112 Å². The van der Waals surface area contributed by atoms with Crippen molar-refractivity contribution in [3.63, 3.8) is 0 Å². The van der Waals surface area contributed by atoms with Gasteiger partial charge in [-0.05, 0) is 45.2 Å². The number of H-pyrrole nitrogens is 1. The highest BCUT2D eigenvalue weighted by atomic mass is 16.6. The lowest BCUT2D eigenvalue weighted by atomic mass is 10.0. The molecule has 2 aromatic rings. The molecule has 0 saturated heterocycles. The van der Waals surface area contributed by atoms with E-state index in [0.717, 1.165) is 25.0 Å². The zero-order valence-electron chi connectivity index (χ0n) is 17.2. The number of anilines is 2. The van der Waals surface area contributed by atoms with E-state index in [1.54, 1.807) is 32.4 Å². The summed E-state index contributed by atoms with van der Waals surface area (Å²) in [5, 5.41) is 13.2. The van der Waals surface area contributed by atoms with E-state index in [0.29, 0.717) is 17.2 Å². The van der Waals surface area contributed by atoms with Crippen molar-refractivity contribution in [3.05, 3.63) is 35.7 Å². The summed E-state index contributed by atoms with van der Waals surface area (Å²) in [6.45, 7) is 3.81. The Morgan fingerprint density at radius 1 is 1.24 bits per heavy atom. The van der Waals surface area contributed by atoms with Crippen LogP contribution in [-0.4, -0.2) is 58.3 Å². The predicted molar refractivity (Wildman–Crippen MR) is 109 cm³/mol. The summed E-state index contributed by atoms with van der Waals surface area (Å²) >= 11 is 0. The molecular formula is C20H28N6O3. The minimum atomic E-state index is -0.361. The molecule has 0 spiro atoms. The Labute approximate surface area is 170 Å². The molecule has 0 bridgehead atoms. The molecule has 0 aromatic carbocycles. The molecule has 1 saturated carbocycles. The number of nitrogens with zero attached hydrogens (tertiary/aromatic N) is 3. The first-order valence-corrected chi connectivity index (χ1v) is 9.79. The first-order chi connectivity index (χ1) is 13.8. The third-order valence-corrected chi connectivity index (χ3v) is 4.77. The van der Waals surface area contributed by atoms with Crippen LogP contribution >= 0.6 is 0 Å². The Hall–Kier alpha value is -3.10. The molecule has 0 aliphatic heterocycles. The normalized spacial score (nSPS) is 18.5. The second-order valence-electron chi connectivity index (χ2n) is 7.80. The van der Waals surface area contributed by atoms with Gasteiger partial charge in [0.05, 0.1) is 5.56 Å². The van der Waals surface area contributed by atoms with Gasteiger partial charge in [0, 0.05) is 44.0 Å². The lowest BCUT2D eigenvalue weighted by Crippen LogP contribution is -2.33. The highest BCUT2D eigenvalue weighted by molar-refractivity contribution is 5.93. The maximum atomic E-state index is 11.9. The van der Waals surface area contributed by atoms with Gasteiger partial charge >= 0.3 is 6.09 Å². The predicted octanol–water partition coefficient (Wildman–Crippen LogP) is 3.02. The first-order valence-electron chi connectivity index (χ1n) is 9.79. The Morgan fingerprint density at radius 3 is 2.69 bits per heavy atom. The van der Waals surface area contributed by atoms with E-state index in [1.165, 1.54) is 4.90 Å². The van der Waals surface area contributed by atoms with Gasteiger partial charge in [0.2, 0.25) is 0 Å². The second-order valence-corrected chi connectivity index (χ2v) is 7.80. The fourth-order valence-electron chi connectivity index (χ4n) is 3.34. The standard InChI is InChI=1S/C20H28N6O3/c1-12(2)22-20(28)29-15-7-5-13(9-15)16-10-18(25-24-16)23-17-8-6-14(11-21-17)19(27)26(3)4/h6,8,10-13,15H,5,7,9H2,1-4H3,(H,22,28)(H2,21,23,24,25)/t13-,15+/m1/s1. The SMILES string of the molecule is CC(C)NC(=O)O[C@H]1CC[C@@H](c2cc(Nc3ccc(C(=O)N(C)C)cn3)n[nH]2)C1. The number of alkyl carbamates (subject to hydrolysis) is 1. The van der Waals surface area contributed by atoms with E-state index in [-0.39, 0.29) is 30.1 Å². The van der Waals surface area contributed by atoms with Gasteiger partial charge in [0.15, 0.2) is 5.82 Å². The summed E-state index contributed by atoms with van der Waals surface area (Å²) in [5.41, 5.74) is 1.53. The summed E-state index contributed by atoms with van der Waals surface area (Å²) in [7, 11) is 3.41. The van der Waals surface area contributed by atoms with Crippen molar-refractivity contribution >= 4 is 23.6 Å². The van der Waals surface area contributed by atoms with Crippen molar-refractivity contribution in [3.8, 4) is 0 Å². The maximum Gasteiger partial charge on any atom is 0.407 e. The van der Waals surface area contributed by atoms with E-state index < -0.39 is 0 Å². The molecule has 1 aliphatic rings. The van der Waals surface area contributed by atoms with Gasteiger partial charge in [0.1, 0.15) is 11.9 Å². The van der Waals surface area contributed by atoms with Crippen LogP contribution in [0.2, 0.25) is 0 Å². The zero-order chi connectivity index (χ0) is 21.0. The molecular weight excluding hydrogens is 372 g/mol. The molecule has 3 N–H and O–H groups in total. The molecule has 2 amide bonds. The van der Waals surface area contributed by atoms with Crippen molar-refractivity contribution in [1.29, 1.82) is 0 Å². The minimum absolute atomic E-state index is 0.0598. The number of hydrogen-bond donors (Lipinski definition) is 3. The van der Waals surface area contributed by atoms with Gasteiger partial charge in [-0.3, -0.25) is 9.89 Å². The van der Waals surface area contributed by atoms with Crippen molar-refractivity contribution in [2.24, 2.45) is 0 Å². The fourth-order valence-corrected chi connectivity index (χ4v) is 3.34. The molecule has 29 heavy (non-hydrogen) atoms. The Morgan fingerprint density at radius 2 is 2.03 bits per heavy atom. The molecule has 0 unspecified atom stereocenters. The van der Waals surface area contributed by atoms with Crippen LogP contribution in [0, 0.1) is 0 Å². The van der Waals surface area contributed by atoms with E-state index >= 15 is 0 Å². The molecule has 2 heterocycles. The largest absolute Gasteiger partial charge is 0.446 e. The van der Waals surface area contributed by atoms with Crippen LogP contribution in [0.4, 0.5) is 16.4 Å². The van der Waals surface area contributed by atoms with Crippen molar-refractivity contribution < 1.29 is 14.3 Å². The van der Waals surface area contributed by atoms with E-state index in [2.05, 4.69) is 25.8 Å². The summed E-state index contributed by atoms with van der Waals surface area (Å²) in [6, 6.07) is 5.48. The van der Waals surface area contributed by atoms with Crippen LogP contribution < -0.4 is 10.6 Å². The molecule has 3 rings (SSSR count). The number of aromatic amines is 1. The van der Waals surface area contributed by atoms with Crippen LogP contribution in [-0.2, 0) is 4.74 Å². The van der Waals surface area contributed by atoms with Crippen LogP contribution in [0.1, 0.15) is 55.1 Å². The summed E-state index contributed by atoms with van der Waals surface area (Å²) < 4.78 is 5.48. The quantitative estimate of drug-likeness (QED) is 0.687. The molecule has 2 atom stereocenters. The van der Waals surface area contributed by atoms with Gasteiger partial charge in [-0.25, -0.2) is 9.78 Å². The monoisotopic (exact) mass is 400 g/mol. The zero-order valence-corrected chi connectivity index (χ0v) is 17.2. The van der Waals surface area contributed by atoms with Crippen LogP contribution in [0.15, 0.2) is 24.4 Å². The highest BCUT2D eigenvalue weighted by Crippen LogP contribution is 2.36. The summed E-state index contributed by atoms with van der Waals surface area (Å²) in [4.78, 5) is 29.5. The van der Waals surface area contributed by atoms with Gasteiger partial charge in [-0.15, -0.1) is 0 Å². The minimum Gasteiger partial charge on any atom is -0.446 e. The molecule has 1 aliphatic carbocycles. The first kappa shape index (κ1) is 20.6. The number of hydrogen-bond acceptors (Lipinski definition) is 6. The molecule has 1 fully saturated rings. The fraction of sp³-hybridized carbons (Fsp3) is 0.500. The summed E-state index contributed by atoms with van der Waals surface area (Å²) in [6.07, 6.45) is 3.63. The Balaban J connectivity index is 1.55. The van der Waals surface area contributed by atoms with E-state index in [1.807, 2.05) is 19.9 Å². The molecule has 156 valence electrons. The average molecular weight is 400 g/mol. The molecule has 9 heteroatoms. The number of amides is 2. The van der Waals surface area contributed by atoms with Crippen molar-refractivity contribution in [2.75, 3.05) is 19.4 Å². The van der Waals surface area contributed by atoms with Crippen molar-refractivity contribution in [2.45, 2.75) is 51.2 Å². The second kappa shape index (κ2) is 8.93. The van der Waals surface area contributed by atoms with Crippen molar-refractivity contribution in [1.82, 2.24) is 25.4 Å². The number of pyridine rings is 1. The smallest absolute Gasteiger partial charge is 0.407 e. The third kappa shape index (κ3) is 5.46. The van der Waals surface area contributed by atoms with Gasteiger partial charge < -0.3 is 20.3 Å². The lowest BCUT2D eigenvalue weighted by molar-refractivity contribution is 0.0827. The number of aromatic nitrogens is 3. The molecule has 0 radical (unpaired) electrons.